The van der Waals surface area contributed by atoms with Crippen molar-refractivity contribution in [1.29, 1.82) is 0 Å². The first-order chi connectivity index (χ1) is 6.78. The van der Waals surface area contributed by atoms with Gasteiger partial charge in [-0.2, -0.15) is 0 Å². The second kappa shape index (κ2) is 3.81. The minimum atomic E-state index is -3.04. The summed E-state index contributed by atoms with van der Waals surface area (Å²) in [6.45, 7) is 2.26. The van der Waals surface area contributed by atoms with Crippen LogP contribution in [0.2, 0.25) is 0 Å². The van der Waals surface area contributed by atoms with Crippen molar-refractivity contribution in [2.45, 2.75) is 25.8 Å². The molecule has 15 heavy (non-hydrogen) atoms. The molecule has 84 valence electrons. The zero-order valence-electron chi connectivity index (χ0n) is 8.32. The minimum Gasteiger partial charge on any atom is -0.317 e. The molecule has 1 aromatic carbocycles. The van der Waals surface area contributed by atoms with Crippen LogP contribution in [0.4, 0.5) is 17.6 Å². The molecule has 2 N–H and O–H groups in total. The van der Waals surface area contributed by atoms with Crippen LogP contribution in [-0.2, 0) is 5.54 Å². The smallest absolute Gasteiger partial charge is 0.260 e. The van der Waals surface area contributed by atoms with E-state index in [4.69, 9.17) is 5.73 Å². The van der Waals surface area contributed by atoms with Crippen LogP contribution < -0.4 is 5.73 Å². The summed E-state index contributed by atoms with van der Waals surface area (Å²) in [7, 11) is 0. The first-order valence-electron chi connectivity index (χ1n) is 4.30. The molecule has 0 radical (unpaired) electrons. The fourth-order valence-corrected chi connectivity index (χ4v) is 1.26. The maximum atomic E-state index is 13.5. The van der Waals surface area contributed by atoms with Crippen LogP contribution in [0.15, 0.2) is 12.1 Å². The van der Waals surface area contributed by atoms with Gasteiger partial charge in [0.15, 0.2) is 0 Å². The average Bonchev–Trinajstić information content (AvgIpc) is 2.11. The normalized spacial score (nSPS) is 15.5. The zero-order valence-corrected chi connectivity index (χ0v) is 8.32. The van der Waals surface area contributed by atoms with Crippen molar-refractivity contribution in [3.05, 3.63) is 34.9 Å². The lowest BCUT2D eigenvalue weighted by Gasteiger charge is -2.25. The Kier molecular flexibility index (Phi) is 3.04. The standard InChI is InChI=1S/C10H11F4N/c1-5-3-4-6(11)7(8(5)12)10(2,15)9(13)14/h3-4,9H,15H2,1-2H3. The van der Waals surface area contributed by atoms with Gasteiger partial charge in [0.25, 0.3) is 6.43 Å². The van der Waals surface area contributed by atoms with Crippen molar-refractivity contribution in [2.75, 3.05) is 0 Å². The van der Waals surface area contributed by atoms with Crippen molar-refractivity contribution in [3.63, 3.8) is 0 Å². The Bertz CT molecular complexity index is 374. The van der Waals surface area contributed by atoms with Gasteiger partial charge in [0, 0.05) is 5.56 Å². The van der Waals surface area contributed by atoms with Crippen molar-refractivity contribution >= 4 is 0 Å². The topological polar surface area (TPSA) is 26.0 Å². The van der Waals surface area contributed by atoms with Crippen LogP contribution in [0, 0.1) is 18.6 Å². The Labute approximate surface area is 84.9 Å². The highest BCUT2D eigenvalue weighted by atomic mass is 19.3. The molecule has 1 unspecified atom stereocenters. The van der Waals surface area contributed by atoms with Crippen molar-refractivity contribution in [2.24, 2.45) is 5.73 Å². The molecule has 0 aromatic heterocycles. The first kappa shape index (κ1) is 12.0. The second-order valence-corrected chi connectivity index (χ2v) is 3.64. The predicted molar refractivity (Wildman–Crippen MR) is 48.6 cm³/mol. The fraction of sp³-hybridized carbons (Fsp3) is 0.400. The lowest BCUT2D eigenvalue weighted by atomic mass is 9.91. The molecule has 0 saturated heterocycles. The molecule has 1 atom stereocenters. The predicted octanol–water partition coefficient (Wildman–Crippen LogP) is 2.71. The molecule has 1 aromatic rings. The van der Waals surface area contributed by atoms with Gasteiger partial charge < -0.3 is 5.73 Å². The van der Waals surface area contributed by atoms with Gasteiger partial charge in [-0.1, -0.05) is 6.07 Å². The molecule has 0 aliphatic carbocycles. The molecule has 0 saturated carbocycles. The number of benzene rings is 1. The average molecular weight is 221 g/mol. The highest BCUT2D eigenvalue weighted by Gasteiger charge is 2.37. The quantitative estimate of drug-likeness (QED) is 0.763. The summed E-state index contributed by atoms with van der Waals surface area (Å²) >= 11 is 0. The third kappa shape index (κ3) is 1.97. The van der Waals surface area contributed by atoms with Gasteiger partial charge in [0.2, 0.25) is 0 Å². The number of rotatable bonds is 2. The molecule has 1 rings (SSSR count). The van der Waals surface area contributed by atoms with Crippen LogP contribution in [0.5, 0.6) is 0 Å². The van der Waals surface area contributed by atoms with Crippen LogP contribution in [0.25, 0.3) is 0 Å². The summed E-state index contributed by atoms with van der Waals surface area (Å²) in [6.07, 6.45) is -3.04. The highest BCUT2D eigenvalue weighted by Crippen LogP contribution is 2.30. The van der Waals surface area contributed by atoms with E-state index in [0.29, 0.717) is 0 Å². The van der Waals surface area contributed by atoms with Crippen molar-refractivity contribution in [3.8, 4) is 0 Å². The lowest BCUT2D eigenvalue weighted by molar-refractivity contribution is 0.0581. The van der Waals surface area contributed by atoms with E-state index in [9.17, 15) is 17.6 Å². The molecule has 0 fully saturated rings. The maximum Gasteiger partial charge on any atom is 0.260 e. The van der Waals surface area contributed by atoms with E-state index >= 15 is 0 Å². The highest BCUT2D eigenvalue weighted by molar-refractivity contribution is 5.32. The van der Waals surface area contributed by atoms with E-state index in [2.05, 4.69) is 0 Å². The second-order valence-electron chi connectivity index (χ2n) is 3.64. The van der Waals surface area contributed by atoms with Crippen LogP contribution >= 0.6 is 0 Å². The zero-order chi connectivity index (χ0) is 11.8. The molecule has 0 heterocycles. The van der Waals surface area contributed by atoms with Crippen LogP contribution in [-0.4, -0.2) is 6.43 Å². The molecule has 0 aliphatic heterocycles. The third-order valence-corrected chi connectivity index (χ3v) is 2.28. The monoisotopic (exact) mass is 221 g/mol. The van der Waals surface area contributed by atoms with Gasteiger partial charge in [0.1, 0.15) is 17.2 Å². The summed E-state index contributed by atoms with van der Waals surface area (Å²) in [5.41, 5.74) is 2.22. The number of nitrogens with two attached hydrogens (primary N) is 1. The van der Waals surface area contributed by atoms with Gasteiger partial charge >= 0.3 is 0 Å². The molecular formula is C10H11F4N. The number of aryl methyl sites for hydroxylation is 1. The summed E-state index contributed by atoms with van der Waals surface area (Å²) in [5.74, 6) is -2.07. The van der Waals surface area contributed by atoms with E-state index in [0.717, 1.165) is 13.0 Å². The third-order valence-electron chi connectivity index (χ3n) is 2.28. The van der Waals surface area contributed by atoms with Gasteiger partial charge in [-0.3, -0.25) is 0 Å². The maximum absolute atomic E-state index is 13.5. The molecule has 0 bridgehead atoms. The SMILES string of the molecule is Cc1ccc(F)c(C(C)(N)C(F)F)c1F. The molecule has 0 amide bonds. The molecule has 0 spiro atoms. The van der Waals surface area contributed by atoms with E-state index < -0.39 is 29.2 Å². The number of hydrogen-bond donors (Lipinski definition) is 1. The Hall–Kier alpha value is -1.10. The summed E-state index contributed by atoms with van der Waals surface area (Å²) in [4.78, 5) is 0. The molecule has 0 aliphatic rings. The minimum absolute atomic E-state index is 0.0868. The fourth-order valence-electron chi connectivity index (χ4n) is 1.26. The van der Waals surface area contributed by atoms with E-state index in [1.807, 2.05) is 0 Å². The van der Waals surface area contributed by atoms with E-state index in [-0.39, 0.29) is 5.56 Å². The van der Waals surface area contributed by atoms with Gasteiger partial charge in [0.05, 0.1) is 0 Å². The Balaban J connectivity index is 3.42. The molecular weight excluding hydrogens is 210 g/mol. The molecule has 1 nitrogen and oxygen atoms in total. The number of halogens is 4. The van der Waals surface area contributed by atoms with E-state index in [1.54, 1.807) is 0 Å². The van der Waals surface area contributed by atoms with Crippen LogP contribution in [0.3, 0.4) is 0 Å². The van der Waals surface area contributed by atoms with Crippen molar-refractivity contribution in [1.82, 2.24) is 0 Å². The molecule has 5 heteroatoms. The van der Waals surface area contributed by atoms with Gasteiger partial charge in [-0.05, 0) is 25.5 Å². The van der Waals surface area contributed by atoms with Crippen molar-refractivity contribution < 1.29 is 17.6 Å². The summed E-state index contributed by atoms with van der Waals surface area (Å²) < 4.78 is 51.8. The van der Waals surface area contributed by atoms with Gasteiger partial charge in [-0.15, -0.1) is 0 Å². The first-order valence-corrected chi connectivity index (χ1v) is 4.30. The van der Waals surface area contributed by atoms with Gasteiger partial charge in [-0.25, -0.2) is 17.6 Å². The number of hydrogen-bond acceptors (Lipinski definition) is 1. The van der Waals surface area contributed by atoms with Crippen LogP contribution in [0.1, 0.15) is 18.1 Å². The number of alkyl halides is 2. The summed E-state index contributed by atoms with van der Waals surface area (Å²) in [5, 5.41) is 0. The Morgan fingerprint density at radius 2 is 1.80 bits per heavy atom. The van der Waals surface area contributed by atoms with E-state index in [1.165, 1.54) is 13.0 Å². The Morgan fingerprint density at radius 1 is 1.27 bits per heavy atom. The summed E-state index contributed by atoms with van der Waals surface area (Å²) in [6, 6.07) is 2.11. The largest absolute Gasteiger partial charge is 0.317 e. The lowest BCUT2D eigenvalue weighted by Crippen LogP contribution is -2.42. The Morgan fingerprint density at radius 3 is 2.27 bits per heavy atom.